The van der Waals surface area contributed by atoms with E-state index in [1.54, 1.807) is 0 Å². The Morgan fingerprint density at radius 3 is 2.76 bits per heavy atom. The van der Waals surface area contributed by atoms with Crippen LogP contribution >= 0.6 is 11.3 Å². The second-order valence-corrected chi connectivity index (χ2v) is 4.83. The predicted octanol–water partition coefficient (Wildman–Crippen LogP) is 0.917. The number of hydrogen-bond donors (Lipinski definition) is 0. The lowest BCUT2D eigenvalue weighted by Gasteiger charge is -1.93. The number of hydrogen-bond acceptors (Lipinski definition) is 3. The Morgan fingerprint density at radius 2 is 2.35 bits per heavy atom. The summed E-state index contributed by atoms with van der Waals surface area (Å²) < 4.78 is 2.55. The molecule has 88 valence electrons. The quantitative estimate of drug-likeness (QED) is 0.730. The van der Waals surface area contributed by atoms with Crippen LogP contribution in [0.25, 0.3) is 16.6 Å². The Kier molecular flexibility index (Phi) is 4.25. The van der Waals surface area contributed by atoms with Gasteiger partial charge in [0, 0.05) is 6.54 Å². The molecular weight excluding hydrogens is 234 g/mol. The van der Waals surface area contributed by atoms with Crippen molar-refractivity contribution >= 4 is 23.1 Å². The molecule has 1 aromatic rings. The molecule has 1 heterocycles. The standard InChI is InChI=1S/C12H13N3OS/c1-5-15-11(16)10(6-8(2)3)17-12(15)9(7-13)14-4/h6,8H,5H2,1-3H3/b10-6+,12-9+. The summed E-state index contributed by atoms with van der Waals surface area (Å²) in [4.78, 5) is 15.2. The maximum atomic E-state index is 12.0. The monoisotopic (exact) mass is 247 g/mol. The van der Waals surface area contributed by atoms with E-state index >= 15 is 0 Å². The van der Waals surface area contributed by atoms with Gasteiger partial charge in [-0.05, 0) is 12.8 Å². The van der Waals surface area contributed by atoms with Gasteiger partial charge in [0.2, 0.25) is 0 Å². The van der Waals surface area contributed by atoms with E-state index in [2.05, 4.69) is 4.85 Å². The molecule has 0 amide bonds. The van der Waals surface area contributed by atoms with Crippen molar-refractivity contribution in [2.75, 3.05) is 0 Å². The summed E-state index contributed by atoms with van der Waals surface area (Å²) in [7, 11) is 0. The molecule has 0 saturated heterocycles. The Hall–Kier alpha value is -1.85. The SMILES string of the molecule is [C-]#[N+]/C(C#N)=c1/s/c(=C/C(C)C)c(=O)n1CC. The van der Waals surface area contributed by atoms with Crippen molar-refractivity contribution in [2.45, 2.75) is 27.3 Å². The molecule has 0 aromatic carbocycles. The number of nitriles is 1. The molecule has 17 heavy (non-hydrogen) atoms. The van der Waals surface area contributed by atoms with Crippen LogP contribution in [0.5, 0.6) is 0 Å². The summed E-state index contributed by atoms with van der Waals surface area (Å²) in [5.41, 5.74) is -0.130. The van der Waals surface area contributed by atoms with Crippen molar-refractivity contribution in [3.05, 3.63) is 31.0 Å². The minimum Gasteiger partial charge on any atom is -0.307 e. The minimum atomic E-state index is -0.113. The predicted molar refractivity (Wildman–Crippen MR) is 68.4 cm³/mol. The highest BCUT2D eigenvalue weighted by Crippen LogP contribution is 1.95. The van der Waals surface area contributed by atoms with E-state index in [0.717, 1.165) is 0 Å². The van der Waals surface area contributed by atoms with Crippen LogP contribution in [0.1, 0.15) is 20.8 Å². The molecule has 0 fully saturated rings. The molecule has 5 heteroatoms. The average molecular weight is 247 g/mol. The lowest BCUT2D eigenvalue weighted by molar-refractivity contribution is 0.721. The van der Waals surface area contributed by atoms with Gasteiger partial charge in [-0.3, -0.25) is 4.79 Å². The van der Waals surface area contributed by atoms with Gasteiger partial charge in [-0.15, -0.1) is 11.3 Å². The van der Waals surface area contributed by atoms with Crippen molar-refractivity contribution in [3.8, 4) is 6.07 Å². The smallest absolute Gasteiger partial charge is 0.294 e. The second-order valence-electron chi connectivity index (χ2n) is 3.80. The van der Waals surface area contributed by atoms with Crippen LogP contribution in [0.2, 0.25) is 0 Å². The summed E-state index contributed by atoms with van der Waals surface area (Å²) in [5, 5.41) is 8.86. The van der Waals surface area contributed by atoms with E-state index in [0.29, 0.717) is 15.7 Å². The van der Waals surface area contributed by atoms with Gasteiger partial charge in [-0.1, -0.05) is 19.9 Å². The van der Waals surface area contributed by atoms with Gasteiger partial charge in [0.15, 0.2) is 0 Å². The van der Waals surface area contributed by atoms with Crippen molar-refractivity contribution in [2.24, 2.45) is 5.92 Å². The molecule has 1 aromatic heterocycles. The van der Waals surface area contributed by atoms with Crippen LogP contribution in [0, 0.1) is 23.8 Å². The van der Waals surface area contributed by atoms with Gasteiger partial charge >= 0.3 is 0 Å². The topological polar surface area (TPSA) is 50.1 Å². The van der Waals surface area contributed by atoms with Crippen molar-refractivity contribution in [3.63, 3.8) is 0 Å². The zero-order chi connectivity index (χ0) is 13.0. The third kappa shape index (κ3) is 2.64. The van der Waals surface area contributed by atoms with E-state index in [4.69, 9.17) is 11.8 Å². The number of nitrogens with zero attached hydrogens (tertiary/aromatic N) is 3. The lowest BCUT2D eigenvalue weighted by atomic mass is 10.2. The average Bonchev–Trinajstić information content (AvgIpc) is 2.57. The molecule has 0 aliphatic carbocycles. The van der Waals surface area contributed by atoms with Gasteiger partial charge in [0.05, 0.1) is 17.2 Å². The highest BCUT2D eigenvalue weighted by atomic mass is 32.1. The van der Waals surface area contributed by atoms with E-state index in [-0.39, 0.29) is 17.2 Å². The van der Waals surface area contributed by atoms with Crippen molar-refractivity contribution < 1.29 is 0 Å². The summed E-state index contributed by atoms with van der Waals surface area (Å²) in [6.45, 7) is 13.2. The Morgan fingerprint density at radius 1 is 1.71 bits per heavy atom. The number of aromatic nitrogens is 1. The van der Waals surface area contributed by atoms with Crippen LogP contribution in [0.4, 0.5) is 0 Å². The van der Waals surface area contributed by atoms with Gasteiger partial charge < -0.3 is 4.57 Å². The molecule has 1 rings (SSSR count). The summed E-state index contributed by atoms with van der Waals surface area (Å²) >= 11 is 1.22. The molecule has 0 bridgehead atoms. The first-order chi connectivity index (χ1) is 8.04. The summed E-state index contributed by atoms with van der Waals surface area (Å²) in [6, 6.07) is 1.84. The zero-order valence-electron chi connectivity index (χ0n) is 10.0. The fourth-order valence-corrected chi connectivity index (χ4v) is 2.68. The Balaban J connectivity index is 3.82. The molecule has 0 radical (unpaired) electrons. The third-order valence-electron chi connectivity index (χ3n) is 2.13. The van der Waals surface area contributed by atoms with E-state index in [1.807, 2.05) is 32.9 Å². The lowest BCUT2D eigenvalue weighted by Crippen LogP contribution is -2.31. The fraction of sp³-hybridized carbons (Fsp3) is 0.417. The third-order valence-corrected chi connectivity index (χ3v) is 3.27. The first-order valence-electron chi connectivity index (χ1n) is 5.28. The second kappa shape index (κ2) is 5.47. The van der Waals surface area contributed by atoms with Crippen LogP contribution in [0.3, 0.4) is 0 Å². The maximum Gasteiger partial charge on any atom is 0.294 e. The Bertz CT molecular complexity index is 649. The molecule has 0 aliphatic rings. The highest BCUT2D eigenvalue weighted by Gasteiger charge is 2.07. The number of thiazole rings is 1. The van der Waals surface area contributed by atoms with E-state index < -0.39 is 0 Å². The molecule has 0 unspecified atom stereocenters. The van der Waals surface area contributed by atoms with Gasteiger partial charge in [0.1, 0.15) is 4.66 Å². The van der Waals surface area contributed by atoms with Crippen LogP contribution < -0.4 is 14.8 Å². The van der Waals surface area contributed by atoms with Gasteiger partial charge in [-0.25, -0.2) is 10.1 Å². The van der Waals surface area contributed by atoms with Crippen molar-refractivity contribution in [1.29, 1.82) is 5.26 Å². The molecule has 0 spiro atoms. The van der Waals surface area contributed by atoms with Crippen LogP contribution in [-0.2, 0) is 6.54 Å². The fourth-order valence-electron chi connectivity index (χ4n) is 1.42. The first kappa shape index (κ1) is 13.2. The molecule has 0 saturated carbocycles. The molecular formula is C12H13N3OS. The maximum absolute atomic E-state index is 12.0. The van der Waals surface area contributed by atoms with Gasteiger partial charge in [-0.2, -0.15) is 0 Å². The normalized spacial score (nSPS) is 13.4. The largest absolute Gasteiger partial charge is 0.307 e. The molecule has 0 N–H and O–H groups in total. The first-order valence-corrected chi connectivity index (χ1v) is 6.10. The summed E-state index contributed by atoms with van der Waals surface area (Å²) in [5.74, 6) is 0.262. The van der Waals surface area contributed by atoms with Crippen LogP contribution in [-0.4, -0.2) is 4.57 Å². The molecule has 0 aliphatic heterocycles. The Labute approximate surface area is 104 Å². The van der Waals surface area contributed by atoms with Crippen LogP contribution in [0.15, 0.2) is 4.79 Å². The van der Waals surface area contributed by atoms with E-state index in [1.165, 1.54) is 15.9 Å². The highest BCUT2D eigenvalue weighted by molar-refractivity contribution is 7.07. The van der Waals surface area contributed by atoms with Gasteiger partial charge in [0.25, 0.3) is 11.3 Å². The zero-order valence-corrected chi connectivity index (χ0v) is 10.8. The summed E-state index contributed by atoms with van der Waals surface area (Å²) in [6.07, 6.45) is 1.86. The van der Waals surface area contributed by atoms with E-state index in [9.17, 15) is 4.79 Å². The minimum absolute atomic E-state index is 0.0163. The molecule has 4 nitrogen and oxygen atoms in total. The number of rotatable bonds is 2. The molecule has 0 atom stereocenters. The van der Waals surface area contributed by atoms with Crippen molar-refractivity contribution in [1.82, 2.24) is 4.57 Å².